The van der Waals surface area contributed by atoms with Crippen molar-refractivity contribution >= 4 is 11.8 Å². The number of hydrogen-bond acceptors (Lipinski definition) is 2. The van der Waals surface area contributed by atoms with Crippen LogP contribution in [0.15, 0.2) is 24.3 Å². The number of benzene rings is 1. The lowest BCUT2D eigenvalue weighted by Gasteiger charge is -2.17. The first kappa shape index (κ1) is 16.2. The Morgan fingerprint density at radius 2 is 1.65 bits per heavy atom. The molecular formula is C16H24N2O2. The zero-order valence-corrected chi connectivity index (χ0v) is 12.7. The topological polar surface area (TPSA) is 58.2 Å². The molecule has 0 aromatic heterocycles. The lowest BCUT2D eigenvalue weighted by Crippen LogP contribution is -2.37. The van der Waals surface area contributed by atoms with Crippen LogP contribution in [0.3, 0.4) is 0 Å². The molecule has 0 radical (unpaired) electrons. The van der Waals surface area contributed by atoms with Crippen LogP contribution in [0.5, 0.6) is 0 Å². The number of amides is 2. The van der Waals surface area contributed by atoms with Gasteiger partial charge in [0.1, 0.15) is 0 Å². The van der Waals surface area contributed by atoms with Crippen LogP contribution < -0.4 is 10.6 Å². The van der Waals surface area contributed by atoms with Crippen molar-refractivity contribution in [2.24, 2.45) is 5.41 Å². The fourth-order valence-corrected chi connectivity index (χ4v) is 1.55. The van der Waals surface area contributed by atoms with E-state index in [9.17, 15) is 9.59 Å². The zero-order chi connectivity index (χ0) is 15.2. The van der Waals surface area contributed by atoms with E-state index in [1.165, 1.54) is 5.56 Å². The molecule has 0 spiro atoms. The van der Waals surface area contributed by atoms with E-state index in [4.69, 9.17) is 0 Å². The number of aryl methyl sites for hydroxylation is 1. The van der Waals surface area contributed by atoms with Crippen LogP contribution in [0.1, 0.15) is 38.3 Å². The van der Waals surface area contributed by atoms with E-state index in [1.807, 2.05) is 52.0 Å². The van der Waals surface area contributed by atoms with E-state index in [-0.39, 0.29) is 11.8 Å². The molecule has 0 saturated carbocycles. The second kappa shape index (κ2) is 7.08. The Kier molecular flexibility index (Phi) is 5.74. The van der Waals surface area contributed by atoms with Crippen LogP contribution in [0.2, 0.25) is 0 Å². The number of carbonyl (C=O) groups excluding carboxylic acids is 2. The molecule has 0 fully saturated rings. The molecule has 1 rings (SSSR count). The molecule has 0 unspecified atom stereocenters. The minimum atomic E-state index is -0.418. The predicted octanol–water partition coefficient (Wildman–Crippen LogP) is 2.16. The van der Waals surface area contributed by atoms with Crippen molar-refractivity contribution in [3.63, 3.8) is 0 Å². The van der Waals surface area contributed by atoms with Gasteiger partial charge in [0.05, 0.1) is 0 Å². The summed E-state index contributed by atoms with van der Waals surface area (Å²) in [6.07, 6.45) is 0.299. The van der Waals surface area contributed by atoms with Crippen molar-refractivity contribution in [3.8, 4) is 0 Å². The number of carbonyl (C=O) groups is 2. The SMILES string of the molecule is Cc1ccc(CNC(=O)CCNC(=O)C(C)(C)C)cc1. The second-order valence-electron chi connectivity index (χ2n) is 6.02. The Morgan fingerprint density at radius 3 is 2.20 bits per heavy atom. The Morgan fingerprint density at radius 1 is 1.05 bits per heavy atom. The summed E-state index contributed by atoms with van der Waals surface area (Å²) in [5.41, 5.74) is 1.85. The monoisotopic (exact) mass is 276 g/mol. The Bertz CT molecular complexity index is 458. The van der Waals surface area contributed by atoms with Gasteiger partial charge in [0.2, 0.25) is 11.8 Å². The number of rotatable bonds is 5. The fraction of sp³-hybridized carbons (Fsp3) is 0.500. The van der Waals surface area contributed by atoms with Gasteiger partial charge in [0.25, 0.3) is 0 Å². The molecule has 0 bridgehead atoms. The summed E-state index contributed by atoms with van der Waals surface area (Å²) in [5, 5.41) is 5.60. The minimum absolute atomic E-state index is 0.0381. The van der Waals surface area contributed by atoms with Gasteiger partial charge < -0.3 is 10.6 Å². The van der Waals surface area contributed by atoms with Gasteiger partial charge in [0.15, 0.2) is 0 Å². The molecule has 0 atom stereocenters. The molecule has 4 heteroatoms. The molecule has 0 saturated heterocycles. The maximum absolute atomic E-state index is 11.7. The highest BCUT2D eigenvalue weighted by Crippen LogP contribution is 2.12. The summed E-state index contributed by atoms with van der Waals surface area (Å²) >= 11 is 0. The molecule has 1 aromatic rings. The highest BCUT2D eigenvalue weighted by atomic mass is 16.2. The van der Waals surface area contributed by atoms with Gasteiger partial charge in [0, 0.05) is 24.9 Å². The van der Waals surface area contributed by atoms with Crippen molar-refractivity contribution in [2.45, 2.75) is 40.7 Å². The molecule has 0 heterocycles. The summed E-state index contributed by atoms with van der Waals surface area (Å²) < 4.78 is 0. The smallest absolute Gasteiger partial charge is 0.225 e. The first-order chi connectivity index (χ1) is 9.29. The first-order valence-corrected chi connectivity index (χ1v) is 6.89. The van der Waals surface area contributed by atoms with Crippen molar-refractivity contribution in [2.75, 3.05) is 6.54 Å². The van der Waals surface area contributed by atoms with E-state index < -0.39 is 5.41 Å². The Balaban J connectivity index is 2.24. The first-order valence-electron chi connectivity index (χ1n) is 6.89. The second-order valence-corrected chi connectivity index (χ2v) is 6.02. The highest BCUT2D eigenvalue weighted by Gasteiger charge is 2.20. The average molecular weight is 276 g/mol. The molecular weight excluding hydrogens is 252 g/mol. The van der Waals surface area contributed by atoms with E-state index in [1.54, 1.807) is 0 Å². The van der Waals surface area contributed by atoms with Gasteiger partial charge in [-0.1, -0.05) is 50.6 Å². The van der Waals surface area contributed by atoms with Gasteiger partial charge in [-0.3, -0.25) is 9.59 Å². The van der Waals surface area contributed by atoms with E-state index in [0.717, 1.165) is 5.56 Å². The van der Waals surface area contributed by atoms with Crippen LogP contribution in [0, 0.1) is 12.3 Å². The number of hydrogen-bond donors (Lipinski definition) is 2. The van der Waals surface area contributed by atoms with Crippen molar-refractivity contribution in [1.29, 1.82) is 0 Å². The van der Waals surface area contributed by atoms with Crippen molar-refractivity contribution < 1.29 is 9.59 Å². The van der Waals surface area contributed by atoms with Gasteiger partial charge in [-0.2, -0.15) is 0 Å². The van der Waals surface area contributed by atoms with Gasteiger partial charge in [-0.05, 0) is 12.5 Å². The van der Waals surface area contributed by atoms with Crippen molar-refractivity contribution in [3.05, 3.63) is 35.4 Å². The van der Waals surface area contributed by atoms with E-state index in [2.05, 4.69) is 10.6 Å². The van der Waals surface area contributed by atoms with Gasteiger partial charge >= 0.3 is 0 Å². The third-order valence-corrected chi connectivity index (χ3v) is 2.93. The van der Waals surface area contributed by atoms with Crippen LogP contribution in [0.25, 0.3) is 0 Å². The third-order valence-electron chi connectivity index (χ3n) is 2.93. The van der Waals surface area contributed by atoms with Gasteiger partial charge in [-0.15, -0.1) is 0 Å². The van der Waals surface area contributed by atoms with Crippen LogP contribution >= 0.6 is 0 Å². The summed E-state index contributed by atoms with van der Waals surface area (Å²) in [6, 6.07) is 8.03. The van der Waals surface area contributed by atoms with Crippen LogP contribution in [0.4, 0.5) is 0 Å². The molecule has 4 nitrogen and oxygen atoms in total. The molecule has 2 N–H and O–H groups in total. The third kappa shape index (κ3) is 5.87. The lowest BCUT2D eigenvalue weighted by atomic mass is 9.96. The Labute approximate surface area is 121 Å². The maximum Gasteiger partial charge on any atom is 0.225 e. The molecule has 110 valence electrons. The average Bonchev–Trinajstić information content (AvgIpc) is 2.37. The van der Waals surface area contributed by atoms with Crippen molar-refractivity contribution in [1.82, 2.24) is 10.6 Å². The summed E-state index contributed by atoms with van der Waals surface area (Å²) in [5.74, 6) is -0.0939. The quantitative estimate of drug-likeness (QED) is 0.866. The molecule has 0 aliphatic carbocycles. The summed E-state index contributed by atoms with van der Waals surface area (Å²) in [6.45, 7) is 8.46. The Hall–Kier alpha value is -1.84. The maximum atomic E-state index is 11.7. The fourth-order valence-electron chi connectivity index (χ4n) is 1.55. The van der Waals surface area contributed by atoms with E-state index in [0.29, 0.717) is 19.5 Å². The minimum Gasteiger partial charge on any atom is -0.355 e. The number of nitrogens with one attached hydrogen (secondary N) is 2. The van der Waals surface area contributed by atoms with E-state index >= 15 is 0 Å². The highest BCUT2D eigenvalue weighted by molar-refractivity contribution is 5.82. The summed E-state index contributed by atoms with van der Waals surface area (Å²) in [4.78, 5) is 23.3. The normalized spacial score (nSPS) is 11.0. The largest absolute Gasteiger partial charge is 0.355 e. The standard InChI is InChI=1S/C16H24N2O2/c1-12-5-7-13(8-6-12)11-18-14(19)9-10-17-15(20)16(2,3)4/h5-8H,9-11H2,1-4H3,(H,17,20)(H,18,19). The molecule has 0 aliphatic rings. The van der Waals surface area contributed by atoms with Crippen LogP contribution in [-0.4, -0.2) is 18.4 Å². The molecule has 0 aliphatic heterocycles. The molecule has 20 heavy (non-hydrogen) atoms. The molecule has 1 aromatic carbocycles. The summed E-state index contributed by atoms with van der Waals surface area (Å²) in [7, 11) is 0. The lowest BCUT2D eigenvalue weighted by molar-refractivity contribution is -0.128. The predicted molar refractivity (Wildman–Crippen MR) is 80.1 cm³/mol. The van der Waals surface area contributed by atoms with Gasteiger partial charge in [-0.25, -0.2) is 0 Å². The molecule has 2 amide bonds. The van der Waals surface area contributed by atoms with Crippen LogP contribution in [-0.2, 0) is 16.1 Å². The zero-order valence-electron chi connectivity index (χ0n) is 12.7.